The number of nitrogens with one attached hydrogen (secondary N) is 1. The second kappa shape index (κ2) is 6.92. The minimum absolute atomic E-state index is 0.162. The predicted molar refractivity (Wildman–Crippen MR) is 99.2 cm³/mol. The van der Waals surface area contributed by atoms with Gasteiger partial charge in [-0.15, -0.1) is 0 Å². The van der Waals surface area contributed by atoms with Crippen LogP contribution in [0.25, 0.3) is 0 Å². The first-order valence-electron chi connectivity index (χ1n) is 8.32. The van der Waals surface area contributed by atoms with Crippen LogP contribution >= 0.6 is 0 Å². The molecule has 2 aromatic rings. The summed E-state index contributed by atoms with van der Waals surface area (Å²) < 4.78 is 25.1. The number of rotatable bonds is 4. The smallest absolute Gasteiger partial charge is 0.251 e. The Morgan fingerprint density at radius 2 is 1.73 bits per heavy atom. The van der Waals surface area contributed by atoms with Crippen molar-refractivity contribution in [3.05, 3.63) is 65.7 Å². The Kier molecular flexibility index (Phi) is 4.82. The number of anilines is 1. The third-order valence-electron chi connectivity index (χ3n) is 4.37. The van der Waals surface area contributed by atoms with Crippen LogP contribution in [-0.4, -0.2) is 26.0 Å². The van der Waals surface area contributed by atoms with E-state index in [1.165, 1.54) is 24.3 Å². The lowest BCUT2D eigenvalue weighted by Gasteiger charge is -2.17. The molecule has 0 saturated carbocycles. The third kappa shape index (κ3) is 3.48. The lowest BCUT2D eigenvalue weighted by Crippen LogP contribution is -2.30. The van der Waals surface area contributed by atoms with Gasteiger partial charge in [0.2, 0.25) is 15.9 Å². The van der Waals surface area contributed by atoms with Crippen LogP contribution in [0.3, 0.4) is 0 Å². The van der Waals surface area contributed by atoms with Gasteiger partial charge >= 0.3 is 0 Å². The molecule has 0 bridgehead atoms. The van der Waals surface area contributed by atoms with Gasteiger partial charge < -0.3 is 5.32 Å². The SMILES string of the molecule is CC1CS(=O)(=O)N(c2ccc(C(=O)NC(C)c3ccccc3)cc2)C1=O. The summed E-state index contributed by atoms with van der Waals surface area (Å²) in [6.07, 6.45) is 0. The molecule has 2 amide bonds. The maximum Gasteiger partial charge on any atom is 0.251 e. The van der Waals surface area contributed by atoms with Gasteiger partial charge in [0.25, 0.3) is 5.91 Å². The lowest BCUT2D eigenvalue weighted by molar-refractivity contribution is -0.119. The molecule has 1 saturated heterocycles. The number of sulfonamides is 1. The number of nitrogens with zero attached hydrogens (tertiary/aromatic N) is 1. The number of amides is 2. The molecular formula is C19H20N2O4S. The molecule has 1 fully saturated rings. The van der Waals surface area contributed by atoms with Gasteiger partial charge in [0.1, 0.15) is 0 Å². The van der Waals surface area contributed by atoms with Crippen LogP contribution in [0, 0.1) is 5.92 Å². The molecule has 6 nitrogen and oxygen atoms in total. The van der Waals surface area contributed by atoms with E-state index in [-0.39, 0.29) is 23.4 Å². The summed E-state index contributed by atoms with van der Waals surface area (Å²) in [6, 6.07) is 15.4. The predicted octanol–water partition coefficient (Wildman–Crippen LogP) is 2.49. The summed E-state index contributed by atoms with van der Waals surface area (Å²) in [5.74, 6) is -1.46. The van der Waals surface area contributed by atoms with Gasteiger partial charge in [-0.1, -0.05) is 37.3 Å². The molecule has 0 spiro atoms. The van der Waals surface area contributed by atoms with Crippen molar-refractivity contribution in [1.82, 2.24) is 5.32 Å². The minimum Gasteiger partial charge on any atom is -0.346 e. The van der Waals surface area contributed by atoms with Crippen molar-refractivity contribution in [2.75, 3.05) is 10.1 Å². The standard InChI is InChI=1S/C19H20N2O4S/c1-13-12-26(24,25)21(19(13)23)17-10-8-16(9-11-17)18(22)20-14(2)15-6-4-3-5-7-15/h3-11,13-14H,12H2,1-2H3,(H,20,22). The van der Waals surface area contributed by atoms with Gasteiger partial charge in [0.15, 0.2) is 0 Å². The summed E-state index contributed by atoms with van der Waals surface area (Å²) in [5, 5.41) is 2.90. The van der Waals surface area contributed by atoms with Crippen molar-refractivity contribution < 1.29 is 18.0 Å². The van der Waals surface area contributed by atoms with E-state index in [2.05, 4.69) is 5.32 Å². The average molecular weight is 372 g/mol. The molecule has 2 aromatic carbocycles. The van der Waals surface area contributed by atoms with Crippen molar-refractivity contribution >= 4 is 27.5 Å². The van der Waals surface area contributed by atoms with E-state index in [0.29, 0.717) is 5.56 Å². The van der Waals surface area contributed by atoms with Gasteiger partial charge in [-0.3, -0.25) is 9.59 Å². The van der Waals surface area contributed by atoms with Gasteiger partial charge in [-0.25, -0.2) is 12.7 Å². The van der Waals surface area contributed by atoms with Crippen LogP contribution in [0.4, 0.5) is 5.69 Å². The quantitative estimate of drug-likeness (QED) is 0.894. The zero-order valence-electron chi connectivity index (χ0n) is 14.5. The highest BCUT2D eigenvalue weighted by Gasteiger charge is 2.41. The average Bonchev–Trinajstić information content (AvgIpc) is 2.83. The van der Waals surface area contributed by atoms with Crippen LogP contribution in [-0.2, 0) is 14.8 Å². The van der Waals surface area contributed by atoms with Gasteiger partial charge in [0, 0.05) is 5.56 Å². The number of carbonyl (C=O) groups excluding carboxylic acids is 2. The molecule has 136 valence electrons. The highest BCUT2D eigenvalue weighted by molar-refractivity contribution is 7.94. The summed E-state index contributed by atoms with van der Waals surface area (Å²) in [6.45, 7) is 3.48. The molecule has 0 radical (unpaired) electrons. The van der Waals surface area contributed by atoms with Crippen molar-refractivity contribution in [3.63, 3.8) is 0 Å². The Balaban J connectivity index is 1.75. The monoisotopic (exact) mass is 372 g/mol. The highest BCUT2D eigenvalue weighted by Crippen LogP contribution is 2.28. The number of hydrogen-bond acceptors (Lipinski definition) is 4. The van der Waals surface area contributed by atoms with E-state index in [1.54, 1.807) is 6.92 Å². The Bertz CT molecular complexity index is 924. The van der Waals surface area contributed by atoms with Crippen LogP contribution in [0.15, 0.2) is 54.6 Å². The first-order chi connectivity index (χ1) is 12.3. The molecule has 1 heterocycles. The fraction of sp³-hybridized carbons (Fsp3) is 0.263. The van der Waals surface area contributed by atoms with E-state index in [4.69, 9.17) is 0 Å². The Morgan fingerprint density at radius 3 is 2.27 bits per heavy atom. The van der Waals surface area contributed by atoms with E-state index < -0.39 is 21.8 Å². The maximum atomic E-state index is 12.4. The largest absolute Gasteiger partial charge is 0.346 e. The van der Waals surface area contributed by atoms with Crippen molar-refractivity contribution in [2.24, 2.45) is 5.92 Å². The first-order valence-corrected chi connectivity index (χ1v) is 9.93. The van der Waals surface area contributed by atoms with Crippen LogP contribution in [0.1, 0.15) is 35.8 Å². The fourth-order valence-corrected chi connectivity index (χ4v) is 4.76. The number of benzene rings is 2. The molecule has 1 aliphatic rings. The Hall–Kier alpha value is -2.67. The molecule has 2 unspecified atom stereocenters. The maximum absolute atomic E-state index is 12.4. The summed E-state index contributed by atoms with van der Waals surface area (Å²) >= 11 is 0. The third-order valence-corrected chi connectivity index (χ3v) is 6.24. The fourth-order valence-electron chi connectivity index (χ4n) is 2.94. The second-order valence-corrected chi connectivity index (χ2v) is 8.30. The second-order valence-electron chi connectivity index (χ2n) is 6.43. The molecule has 1 N–H and O–H groups in total. The highest BCUT2D eigenvalue weighted by atomic mass is 32.2. The van der Waals surface area contributed by atoms with Gasteiger partial charge in [-0.05, 0) is 36.8 Å². The van der Waals surface area contributed by atoms with Crippen LogP contribution in [0.5, 0.6) is 0 Å². The van der Waals surface area contributed by atoms with Crippen LogP contribution in [0.2, 0.25) is 0 Å². The van der Waals surface area contributed by atoms with E-state index >= 15 is 0 Å². The van der Waals surface area contributed by atoms with E-state index in [0.717, 1.165) is 9.87 Å². The zero-order chi connectivity index (χ0) is 18.9. The minimum atomic E-state index is -3.64. The summed E-state index contributed by atoms with van der Waals surface area (Å²) in [4.78, 5) is 24.5. The zero-order valence-corrected chi connectivity index (χ0v) is 15.4. The van der Waals surface area contributed by atoms with E-state index in [9.17, 15) is 18.0 Å². The molecule has 2 atom stereocenters. The van der Waals surface area contributed by atoms with Crippen molar-refractivity contribution in [1.29, 1.82) is 0 Å². The normalized spacial score (nSPS) is 20.0. The topological polar surface area (TPSA) is 83.6 Å². The first kappa shape index (κ1) is 18.1. The van der Waals surface area contributed by atoms with Gasteiger partial charge in [-0.2, -0.15) is 0 Å². The molecule has 0 aromatic heterocycles. The molecule has 1 aliphatic heterocycles. The molecular weight excluding hydrogens is 352 g/mol. The summed E-state index contributed by atoms with van der Waals surface area (Å²) in [7, 11) is -3.64. The number of hydrogen-bond donors (Lipinski definition) is 1. The molecule has 26 heavy (non-hydrogen) atoms. The number of carbonyl (C=O) groups is 2. The van der Waals surface area contributed by atoms with Gasteiger partial charge in [0.05, 0.1) is 23.4 Å². The Morgan fingerprint density at radius 1 is 1.12 bits per heavy atom. The van der Waals surface area contributed by atoms with E-state index in [1.807, 2.05) is 37.3 Å². The molecule has 0 aliphatic carbocycles. The van der Waals surface area contributed by atoms with Crippen molar-refractivity contribution in [2.45, 2.75) is 19.9 Å². The van der Waals surface area contributed by atoms with Crippen LogP contribution < -0.4 is 9.62 Å². The summed E-state index contributed by atoms with van der Waals surface area (Å²) in [5.41, 5.74) is 1.64. The Labute approximate surface area is 152 Å². The lowest BCUT2D eigenvalue weighted by atomic mass is 10.1. The van der Waals surface area contributed by atoms with Crippen molar-refractivity contribution in [3.8, 4) is 0 Å². The molecule has 3 rings (SSSR count). The molecule has 7 heteroatoms.